The molecule has 0 unspecified atom stereocenters. The molecular formula is C21H25N3S. The van der Waals surface area contributed by atoms with E-state index in [1.807, 2.05) is 11.3 Å². The van der Waals surface area contributed by atoms with Crippen LogP contribution in [-0.2, 0) is 6.42 Å². The highest BCUT2D eigenvalue weighted by Crippen LogP contribution is 2.33. The monoisotopic (exact) mass is 351 g/mol. The lowest BCUT2D eigenvalue weighted by Gasteiger charge is -2.34. The highest BCUT2D eigenvalue weighted by atomic mass is 32.1. The molecule has 25 heavy (non-hydrogen) atoms. The summed E-state index contributed by atoms with van der Waals surface area (Å²) in [7, 11) is 0. The van der Waals surface area contributed by atoms with Crippen molar-refractivity contribution < 1.29 is 0 Å². The molecule has 1 aromatic heterocycles. The minimum Gasteiger partial charge on any atom is -0.345 e. The van der Waals surface area contributed by atoms with Crippen molar-refractivity contribution in [2.24, 2.45) is 0 Å². The van der Waals surface area contributed by atoms with E-state index in [-0.39, 0.29) is 0 Å². The predicted molar refractivity (Wildman–Crippen MR) is 108 cm³/mol. The molecule has 2 aromatic carbocycles. The van der Waals surface area contributed by atoms with Crippen molar-refractivity contribution in [2.45, 2.75) is 20.3 Å². The summed E-state index contributed by atoms with van der Waals surface area (Å²) in [5.74, 6) is 0. The highest BCUT2D eigenvalue weighted by molar-refractivity contribution is 7.22. The maximum atomic E-state index is 4.94. The molecule has 0 saturated carbocycles. The summed E-state index contributed by atoms with van der Waals surface area (Å²) in [5, 5.41) is 1.19. The van der Waals surface area contributed by atoms with Crippen LogP contribution in [0.4, 0.5) is 5.13 Å². The van der Waals surface area contributed by atoms with Crippen molar-refractivity contribution in [1.82, 2.24) is 9.88 Å². The second-order valence-corrected chi connectivity index (χ2v) is 7.92. The Hall–Kier alpha value is -1.91. The van der Waals surface area contributed by atoms with Gasteiger partial charge in [0.05, 0.1) is 10.2 Å². The van der Waals surface area contributed by atoms with Gasteiger partial charge >= 0.3 is 0 Å². The molecule has 0 bridgehead atoms. The zero-order chi connectivity index (χ0) is 17.2. The second-order valence-electron chi connectivity index (χ2n) is 6.94. The Morgan fingerprint density at radius 3 is 2.36 bits per heavy atom. The molecule has 0 atom stereocenters. The minimum atomic E-state index is 1.08. The number of aromatic nitrogens is 1. The number of fused-ring (bicyclic) bond motifs is 1. The SMILES string of the molecule is Cc1ccc(C)c2sc(N3CCN(CCc4ccccc4)CC3)nc12. The number of rotatable bonds is 4. The molecule has 0 radical (unpaired) electrons. The fourth-order valence-corrected chi connectivity index (χ4v) is 4.64. The first-order chi connectivity index (χ1) is 12.2. The van der Waals surface area contributed by atoms with Crippen molar-refractivity contribution in [3.8, 4) is 0 Å². The van der Waals surface area contributed by atoms with Gasteiger partial charge in [-0.15, -0.1) is 0 Å². The topological polar surface area (TPSA) is 19.4 Å². The highest BCUT2D eigenvalue weighted by Gasteiger charge is 2.20. The van der Waals surface area contributed by atoms with E-state index in [2.05, 4.69) is 66.1 Å². The molecule has 1 saturated heterocycles. The van der Waals surface area contributed by atoms with Gasteiger partial charge in [0.1, 0.15) is 0 Å². The van der Waals surface area contributed by atoms with Crippen molar-refractivity contribution >= 4 is 26.7 Å². The first-order valence-corrected chi connectivity index (χ1v) is 9.90. The number of aryl methyl sites for hydroxylation is 2. The van der Waals surface area contributed by atoms with E-state index in [0.717, 1.165) is 39.1 Å². The Bertz CT molecular complexity index is 809. The van der Waals surface area contributed by atoms with E-state index >= 15 is 0 Å². The number of benzene rings is 2. The van der Waals surface area contributed by atoms with Crippen LogP contribution < -0.4 is 4.90 Å². The average Bonchev–Trinajstić information content (AvgIpc) is 3.11. The molecule has 1 aliphatic heterocycles. The zero-order valence-electron chi connectivity index (χ0n) is 15.0. The van der Waals surface area contributed by atoms with Gasteiger partial charge in [-0.2, -0.15) is 0 Å². The molecule has 0 aliphatic carbocycles. The van der Waals surface area contributed by atoms with E-state index in [1.54, 1.807) is 0 Å². The number of piperazine rings is 1. The molecule has 3 aromatic rings. The van der Waals surface area contributed by atoms with Gasteiger partial charge in [0.15, 0.2) is 5.13 Å². The van der Waals surface area contributed by atoms with Gasteiger partial charge in [0.25, 0.3) is 0 Å². The predicted octanol–water partition coefficient (Wildman–Crippen LogP) is 4.28. The number of anilines is 1. The van der Waals surface area contributed by atoms with Gasteiger partial charge in [-0.05, 0) is 37.0 Å². The zero-order valence-corrected chi connectivity index (χ0v) is 15.9. The quantitative estimate of drug-likeness (QED) is 0.699. The summed E-state index contributed by atoms with van der Waals surface area (Å²) in [6.07, 6.45) is 1.14. The Morgan fingerprint density at radius 1 is 0.920 bits per heavy atom. The molecule has 0 amide bonds. The Labute approximate surface area is 153 Å². The van der Waals surface area contributed by atoms with Crippen LogP contribution in [0.5, 0.6) is 0 Å². The van der Waals surface area contributed by atoms with E-state index in [1.165, 1.54) is 32.0 Å². The van der Waals surface area contributed by atoms with Crippen LogP contribution in [0.3, 0.4) is 0 Å². The normalized spacial score (nSPS) is 15.8. The van der Waals surface area contributed by atoms with E-state index in [9.17, 15) is 0 Å². The van der Waals surface area contributed by atoms with Gasteiger partial charge in [0.2, 0.25) is 0 Å². The van der Waals surface area contributed by atoms with Gasteiger partial charge in [-0.25, -0.2) is 4.98 Å². The third-order valence-electron chi connectivity index (χ3n) is 5.13. The molecule has 1 fully saturated rings. The number of hydrogen-bond acceptors (Lipinski definition) is 4. The molecular weight excluding hydrogens is 326 g/mol. The first kappa shape index (κ1) is 16.6. The van der Waals surface area contributed by atoms with Gasteiger partial charge in [-0.3, -0.25) is 4.90 Å². The molecule has 4 heteroatoms. The molecule has 130 valence electrons. The lowest BCUT2D eigenvalue weighted by Crippen LogP contribution is -2.46. The summed E-state index contributed by atoms with van der Waals surface area (Å²) < 4.78 is 1.35. The summed E-state index contributed by atoms with van der Waals surface area (Å²) in [4.78, 5) is 9.98. The van der Waals surface area contributed by atoms with Crippen molar-refractivity contribution in [1.29, 1.82) is 0 Å². The fraction of sp³-hybridized carbons (Fsp3) is 0.381. The summed E-state index contributed by atoms with van der Waals surface area (Å²) in [6.45, 7) is 9.90. The van der Waals surface area contributed by atoms with Crippen molar-refractivity contribution in [3.05, 3.63) is 59.2 Å². The fourth-order valence-electron chi connectivity index (χ4n) is 3.48. The molecule has 0 N–H and O–H groups in total. The van der Waals surface area contributed by atoms with E-state index < -0.39 is 0 Å². The van der Waals surface area contributed by atoms with E-state index in [4.69, 9.17) is 4.98 Å². The van der Waals surface area contributed by atoms with Crippen LogP contribution in [0.1, 0.15) is 16.7 Å². The van der Waals surface area contributed by atoms with Gasteiger partial charge in [0, 0.05) is 32.7 Å². The second kappa shape index (κ2) is 7.14. The van der Waals surface area contributed by atoms with Crippen LogP contribution in [-0.4, -0.2) is 42.6 Å². The summed E-state index contributed by atoms with van der Waals surface area (Å²) in [6, 6.07) is 15.2. The maximum Gasteiger partial charge on any atom is 0.186 e. The average molecular weight is 352 g/mol. The smallest absolute Gasteiger partial charge is 0.186 e. The van der Waals surface area contributed by atoms with Crippen LogP contribution in [0.2, 0.25) is 0 Å². The Kier molecular flexibility index (Phi) is 4.73. The molecule has 0 spiro atoms. The van der Waals surface area contributed by atoms with Crippen LogP contribution >= 0.6 is 11.3 Å². The van der Waals surface area contributed by atoms with Gasteiger partial charge < -0.3 is 4.90 Å². The number of hydrogen-bond donors (Lipinski definition) is 0. The largest absolute Gasteiger partial charge is 0.345 e. The van der Waals surface area contributed by atoms with Crippen LogP contribution in [0.25, 0.3) is 10.2 Å². The lowest BCUT2D eigenvalue weighted by atomic mass is 10.1. The molecule has 4 rings (SSSR count). The third kappa shape index (κ3) is 3.55. The first-order valence-electron chi connectivity index (χ1n) is 9.09. The summed E-state index contributed by atoms with van der Waals surface area (Å²) >= 11 is 1.85. The van der Waals surface area contributed by atoms with Crippen molar-refractivity contribution in [3.63, 3.8) is 0 Å². The Morgan fingerprint density at radius 2 is 1.64 bits per heavy atom. The lowest BCUT2D eigenvalue weighted by molar-refractivity contribution is 0.261. The van der Waals surface area contributed by atoms with Crippen LogP contribution in [0.15, 0.2) is 42.5 Å². The summed E-state index contributed by atoms with van der Waals surface area (Å²) in [5.41, 5.74) is 5.24. The third-order valence-corrected chi connectivity index (χ3v) is 6.38. The number of nitrogens with zero attached hydrogens (tertiary/aromatic N) is 3. The maximum absolute atomic E-state index is 4.94. The molecule has 1 aliphatic rings. The van der Waals surface area contributed by atoms with Gasteiger partial charge in [-0.1, -0.05) is 53.8 Å². The van der Waals surface area contributed by atoms with Crippen LogP contribution in [0, 0.1) is 13.8 Å². The molecule has 2 heterocycles. The van der Waals surface area contributed by atoms with E-state index in [0.29, 0.717) is 0 Å². The number of thiazole rings is 1. The molecule has 3 nitrogen and oxygen atoms in total. The van der Waals surface area contributed by atoms with Crippen molar-refractivity contribution in [2.75, 3.05) is 37.6 Å². The minimum absolute atomic E-state index is 1.08. The standard InChI is InChI=1S/C21H25N3S/c1-16-8-9-17(2)20-19(16)22-21(25-20)24-14-12-23(13-15-24)11-10-18-6-4-3-5-7-18/h3-9H,10-15H2,1-2H3. The Balaban J connectivity index is 1.39.